The van der Waals surface area contributed by atoms with E-state index in [-0.39, 0.29) is 17.0 Å². The number of carbonyl (C=O) groups is 1. The summed E-state index contributed by atoms with van der Waals surface area (Å²) in [6, 6.07) is 8.19. The molecular formula is C23H28N4O3. The Balaban J connectivity index is 1.24. The zero-order chi connectivity index (χ0) is 20.5. The first-order chi connectivity index (χ1) is 14.7. The van der Waals surface area contributed by atoms with Crippen LogP contribution in [-0.4, -0.2) is 59.2 Å². The van der Waals surface area contributed by atoms with Gasteiger partial charge in [-0.05, 0) is 48.9 Å². The van der Waals surface area contributed by atoms with Crippen LogP contribution in [0.5, 0.6) is 0 Å². The molecule has 0 aliphatic carbocycles. The fourth-order valence-electron chi connectivity index (χ4n) is 5.02. The van der Waals surface area contributed by atoms with E-state index in [0.717, 1.165) is 56.8 Å². The lowest BCUT2D eigenvalue weighted by atomic mass is 9.82. The average molecular weight is 409 g/mol. The van der Waals surface area contributed by atoms with E-state index >= 15 is 0 Å². The number of pyridine rings is 2. The van der Waals surface area contributed by atoms with Crippen LogP contribution in [0.4, 0.5) is 0 Å². The summed E-state index contributed by atoms with van der Waals surface area (Å²) < 4.78 is 7.22. The molecule has 3 aliphatic heterocycles. The number of amides is 1. The van der Waals surface area contributed by atoms with Crippen molar-refractivity contribution in [3.63, 3.8) is 0 Å². The smallest absolute Gasteiger partial charge is 0.263 e. The molecule has 7 nitrogen and oxygen atoms in total. The van der Waals surface area contributed by atoms with E-state index in [9.17, 15) is 9.59 Å². The molecule has 0 unspecified atom stereocenters. The Labute approximate surface area is 176 Å². The summed E-state index contributed by atoms with van der Waals surface area (Å²) in [7, 11) is 0. The number of piperidine rings is 1. The van der Waals surface area contributed by atoms with E-state index in [1.54, 1.807) is 12.3 Å². The SMILES string of the molecule is O=C(NCCCc1cccnc1)c1ccc2n(c1=O)C[C@H]1C[C@@H]2CN(C2COC2)C1. The zero-order valence-electron chi connectivity index (χ0n) is 17.1. The maximum atomic E-state index is 13.1. The fraction of sp³-hybridized carbons (Fsp3) is 0.522. The van der Waals surface area contributed by atoms with E-state index in [2.05, 4.69) is 15.2 Å². The van der Waals surface area contributed by atoms with Crippen LogP contribution in [0.25, 0.3) is 0 Å². The van der Waals surface area contributed by atoms with Crippen molar-refractivity contribution in [3.8, 4) is 0 Å². The van der Waals surface area contributed by atoms with E-state index in [4.69, 9.17) is 4.74 Å². The minimum Gasteiger partial charge on any atom is -0.378 e. The Bertz CT molecular complexity index is 970. The van der Waals surface area contributed by atoms with Gasteiger partial charge in [0.2, 0.25) is 0 Å². The van der Waals surface area contributed by atoms with Crippen molar-refractivity contribution in [1.82, 2.24) is 19.8 Å². The number of rotatable bonds is 6. The van der Waals surface area contributed by atoms with Gasteiger partial charge in [-0.25, -0.2) is 0 Å². The topological polar surface area (TPSA) is 76.5 Å². The Morgan fingerprint density at radius 3 is 2.87 bits per heavy atom. The summed E-state index contributed by atoms with van der Waals surface area (Å²) >= 11 is 0. The Hall–Kier alpha value is -2.51. The van der Waals surface area contributed by atoms with E-state index in [1.165, 1.54) is 0 Å². The van der Waals surface area contributed by atoms with E-state index in [0.29, 0.717) is 31.0 Å². The number of ether oxygens (including phenoxy) is 1. The second-order valence-corrected chi connectivity index (χ2v) is 8.75. The van der Waals surface area contributed by atoms with Gasteiger partial charge in [0.15, 0.2) is 0 Å². The molecule has 2 saturated heterocycles. The van der Waals surface area contributed by atoms with Crippen LogP contribution in [0.2, 0.25) is 0 Å². The Morgan fingerprint density at radius 1 is 1.20 bits per heavy atom. The molecule has 2 fully saturated rings. The second kappa shape index (κ2) is 8.32. The second-order valence-electron chi connectivity index (χ2n) is 8.75. The van der Waals surface area contributed by atoms with Crippen LogP contribution in [0.1, 0.15) is 40.4 Å². The van der Waals surface area contributed by atoms with E-state index in [1.807, 2.05) is 29.0 Å². The van der Waals surface area contributed by atoms with Crippen LogP contribution < -0.4 is 10.9 Å². The summed E-state index contributed by atoms with van der Waals surface area (Å²) in [5.74, 6) is 0.556. The first-order valence-corrected chi connectivity index (χ1v) is 10.9. The molecule has 2 aromatic rings. The molecule has 3 aliphatic rings. The number of likely N-dealkylation sites (tertiary alicyclic amines) is 1. The van der Waals surface area contributed by atoms with Gasteiger partial charge in [0.05, 0.1) is 19.3 Å². The largest absolute Gasteiger partial charge is 0.378 e. The predicted octanol–water partition coefficient (Wildman–Crippen LogP) is 1.42. The molecule has 2 bridgehead atoms. The highest BCUT2D eigenvalue weighted by Gasteiger charge is 2.39. The van der Waals surface area contributed by atoms with Crippen LogP contribution >= 0.6 is 0 Å². The summed E-state index contributed by atoms with van der Waals surface area (Å²) in [6.07, 6.45) is 6.39. The van der Waals surface area contributed by atoms with Gasteiger partial charge in [-0.2, -0.15) is 0 Å². The standard InChI is InChI=1S/C23H28N4O3/c28-22(25-8-2-4-16-3-1-7-24-10-16)20-5-6-21-18-9-17(12-27(21)23(20)29)11-26(13-18)19-14-30-15-19/h1,3,5-7,10,17-19H,2,4,8-9,11-15H2,(H,25,28)/t17-,18+/m0/s1. The van der Waals surface area contributed by atoms with Gasteiger partial charge in [0.1, 0.15) is 5.56 Å². The van der Waals surface area contributed by atoms with Crippen molar-refractivity contribution in [1.29, 1.82) is 0 Å². The molecule has 2 atom stereocenters. The number of carbonyl (C=O) groups excluding carboxylic acids is 1. The van der Waals surface area contributed by atoms with Gasteiger partial charge in [-0.3, -0.25) is 19.5 Å². The third-order valence-electron chi connectivity index (χ3n) is 6.66. The first-order valence-electron chi connectivity index (χ1n) is 10.9. The molecule has 2 aromatic heterocycles. The van der Waals surface area contributed by atoms with Gasteiger partial charge >= 0.3 is 0 Å². The summed E-state index contributed by atoms with van der Waals surface area (Å²) in [5, 5.41) is 2.91. The third kappa shape index (κ3) is 3.79. The van der Waals surface area contributed by atoms with Crippen LogP contribution in [-0.2, 0) is 17.7 Å². The third-order valence-corrected chi connectivity index (χ3v) is 6.66. The Kier molecular flexibility index (Phi) is 5.39. The number of hydrogen-bond acceptors (Lipinski definition) is 5. The quantitative estimate of drug-likeness (QED) is 0.732. The highest BCUT2D eigenvalue weighted by molar-refractivity contribution is 5.93. The maximum Gasteiger partial charge on any atom is 0.263 e. The molecule has 1 N–H and O–H groups in total. The average Bonchev–Trinajstić information content (AvgIpc) is 2.71. The summed E-state index contributed by atoms with van der Waals surface area (Å²) in [4.78, 5) is 32.4. The normalized spacial score (nSPS) is 23.5. The summed E-state index contributed by atoms with van der Waals surface area (Å²) in [5.41, 5.74) is 2.33. The molecule has 5 heterocycles. The highest BCUT2D eigenvalue weighted by Crippen LogP contribution is 2.36. The lowest BCUT2D eigenvalue weighted by Gasteiger charge is -2.47. The highest BCUT2D eigenvalue weighted by atomic mass is 16.5. The molecular weight excluding hydrogens is 380 g/mol. The molecule has 0 spiro atoms. The fourth-order valence-corrected chi connectivity index (χ4v) is 5.02. The lowest BCUT2D eigenvalue weighted by molar-refractivity contribution is -0.0827. The van der Waals surface area contributed by atoms with Crippen LogP contribution in [0, 0.1) is 5.92 Å². The number of aromatic nitrogens is 2. The van der Waals surface area contributed by atoms with Crippen molar-refractivity contribution >= 4 is 5.91 Å². The molecule has 30 heavy (non-hydrogen) atoms. The molecule has 0 aromatic carbocycles. The van der Waals surface area contributed by atoms with Gasteiger partial charge in [-0.1, -0.05) is 6.07 Å². The summed E-state index contributed by atoms with van der Waals surface area (Å²) in [6.45, 7) is 4.89. The monoisotopic (exact) mass is 408 g/mol. The van der Waals surface area contributed by atoms with Crippen molar-refractivity contribution in [2.75, 3.05) is 32.8 Å². The molecule has 158 valence electrons. The zero-order valence-corrected chi connectivity index (χ0v) is 17.1. The van der Waals surface area contributed by atoms with Gasteiger partial charge in [0.25, 0.3) is 11.5 Å². The number of aryl methyl sites for hydroxylation is 1. The minimum absolute atomic E-state index is 0.146. The maximum absolute atomic E-state index is 13.1. The van der Waals surface area contributed by atoms with Crippen molar-refractivity contribution in [2.24, 2.45) is 5.92 Å². The number of fused-ring (bicyclic) bond motifs is 4. The van der Waals surface area contributed by atoms with Gasteiger partial charge in [0, 0.05) is 50.2 Å². The number of nitrogens with one attached hydrogen (secondary N) is 1. The Morgan fingerprint density at radius 2 is 2.10 bits per heavy atom. The lowest BCUT2D eigenvalue weighted by Crippen LogP contribution is -2.56. The first kappa shape index (κ1) is 19.5. The number of hydrogen-bond donors (Lipinski definition) is 1. The van der Waals surface area contributed by atoms with Crippen molar-refractivity contribution in [2.45, 2.75) is 37.8 Å². The molecule has 0 radical (unpaired) electrons. The van der Waals surface area contributed by atoms with Crippen LogP contribution in [0.3, 0.4) is 0 Å². The molecule has 7 heteroatoms. The molecule has 5 rings (SSSR count). The van der Waals surface area contributed by atoms with Gasteiger partial charge in [-0.15, -0.1) is 0 Å². The molecule has 0 saturated carbocycles. The van der Waals surface area contributed by atoms with E-state index < -0.39 is 0 Å². The predicted molar refractivity (Wildman–Crippen MR) is 113 cm³/mol. The van der Waals surface area contributed by atoms with Crippen LogP contribution in [0.15, 0.2) is 41.5 Å². The molecule has 1 amide bonds. The van der Waals surface area contributed by atoms with Crippen molar-refractivity contribution < 1.29 is 9.53 Å². The van der Waals surface area contributed by atoms with Gasteiger partial charge < -0.3 is 14.6 Å². The van der Waals surface area contributed by atoms with Crippen molar-refractivity contribution in [3.05, 3.63) is 63.8 Å². The number of nitrogens with zero attached hydrogens (tertiary/aromatic N) is 3. The minimum atomic E-state index is -0.273.